The third-order valence-corrected chi connectivity index (χ3v) is 4.24. The van der Waals surface area contributed by atoms with Crippen LogP contribution in [0.25, 0.3) is 0 Å². The predicted octanol–water partition coefficient (Wildman–Crippen LogP) is 2.59. The topological polar surface area (TPSA) is 73.4 Å². The Bertz CT molecular complexity index is 529. The average molecular weight is 278 g/mol. The van der Waals surface area contributed by atoms with E-state index in [1.165, 1.54) is 19.3 Å². The molecule has 1 saturated carbocycles. The van der Waals surface area contributed by atoms with E-state index in [9.17, 15) is 9.59 Å². The van der Waals surface area contributed by atoms with E-state index in [1.54, 1.807) is 13.8 Å². The van der Waals surface area contributed by atoms with Crippen LogP contribution in [0.15, 0.2) is 0 Å². The van der Waals surface area contributed by atoms with E-state index < -0.39 is 5.97 Å². The standard InChI is InChI=1S/C15H22N2O3/c1-4-17(8-11-6-5-7-11)14(18)12-9(2)13(15(19)20)16-10(12)3/h11,16H,4-8H2,1-3H3,(H,19,20). The molecule has 1 amide bonds. The van der Waals surface area contributed by atoms with Crippen molar-refractivity contribution < 1.29 is 14.7 Å². The summed E-state index contributed by atoms with van der Waals surface area (Å²) in [6.45, 7) is 6.84. The van der Waals surface area contributed by atoms with E-state index in [-0.39, 0.29) is 11.6 Å². The SMILES string of the molecule is CCN(CC1CCC1)C(=O)c1c(C)[nH]c(C(=O)O)c1C. The monoisotopic (exact) mass is 278 g/mol. The first-order valence-electron chi connectivity index (χ1n) is 7.17. The Balaban J connectivity index is 2.24. The molecule has 0 radical (unpaired) electrons. The molecule has 0 atom stereocenters. The lowest BCUT2D eigenvalue weighted by Crippen LogP contribution is -2.37. The molecule has 5 nitrogen and oxygen atoms in total. The Hall–Kier alpha value is -1.78. The number of nitrogens with zero attached hydrogens (tertiary/aromatic N) is 1. The first-order valence-corrected chi connectivity index (χ1v) is 7.17. The number of amides is 1. The van der Waals surface area contributed by atoms with Gasteiger partial charge in [0.1, 0.15) is 5.69 Å². The number of aromatic carboxylic acids is 1. The van der Waals surface area contributed by atoms with Crippen molar-refractivity contribution in [2.45, 2.75) is 40.0 Å². The zero-order valence-corrected chi connectivity index (χ0v) is 12.3. The van der Waals surface area contributed by atoms with E-state index in [1.807, 2.05) is 11.8 Å². The van der Waals surface area contributed by atoms with E-state index in [4.69, 9.17) is 5.11 Å². The highest BCUT2D eigenvalue weighted by molar-refractivity contribution is 6.00. The molecule has 1 fully saturated rings. The van der Waals surface area contributed by atoms with Gasteiger partial charge >= 0.3 is 5.97 Å². The molecular weight excluding hydrogens is 256 g/mol. The van der Waals surface area contributed by atoms with E-state index in [0.717, 1.165) is 6.54 Å². The predicted molar refractivity (Wildman–Crippen MR) is 76.1 cm³/mol. The van der Waals surface area contributed by atoms with Gasteiger partial charge in [-0.1, -0.05) is 6.42 Å². The first-order chi connectivity index (χ1) is 9.45. The van der Waals surface area contributed by atoms with Crippen LogP contribution in [0, 0.1) is 19.8 Å². The lowest BCUT2D eigenvalue weighted by molar-refractivity contribution is 0.0689. The Labute approximate surface area is 119 Å². The minimum Gasteiger partial charge on any atom is -0.477 e. The number of nitrogens with one attached hydrogen (secondary N) is 1. The zero-order chi connectivity index (χ0) is 14.9. The van der Waals surface area contributed by atoms with Crippen LogP contribution in [-0.2, 0) is 0 Å². The summed E-state index contributed by atoms with van der Waals surface area (Å²) < 4.78 is 0. The third-order valence-electron chi connectivity index (χ3n) is 4.24. The van der Waals surface area contributed by atoms with Gasteiger partial charge in [0, 0.05) is 18.8 Å². The van der Waals surface area contributed by atoms with Crippen molar-refractivity contribution in [3.63, 3.8) is 0 Å². The highest BCUT2D eigenvalue weighted by Crippen LogP contribution is 2.28. The smallest absolute Gasteiger partial charge is 0.352 e. The fraction of sp³-hybridized carbons (Fsp3) is 0.600. The van der Waals surface area contributed by atoms with Crippen LogP contribution in [0.5, 0.6) is 0 Å². The van der Waals surface area contributed by atoms with Crippen LogP contribution >= 0.6 is 0 Å². The van der Waals surface area contributed by atoms with Crippen molar-refractivity contribution in [2.24, 2.45) is 5.92 Å². The molecule has 0 saturated heterocycles. The van der Waals surface area contributed by atoms with Gasteiger partial charge in [0.15, 0.2) is 0 Å². The number of aromatic amines is 1. The summed E-state index contributed by atoms with van der Waals surface area (Å²) in [5.74, 6) is -0.470. The maximum absolute atomic E-state index is 12.6. The second-order valence-electron chi connectivity index (χ2n) is 5.57. The van der Waals surface area contributed by atoms with Crippen molar-refractivity contribution in [2.75, 3.05) is 13.1 Å². The highest BCUT2D eigenvalue weighted by atomic mass is 16.4. The molecule has 1 aromatic rings. The molecule has 5 heteroatoms. The van der Waals surface area contributed by atoms with Gasteiger partial charge in [-0.25, -0.2) is 4.79 Å². The molecule has 110 valence electrons. The first kappa shape index (κ1) is 14.6. The lowest BCUT2D eigenvalue weighted by Gasteiger charge is -2.32. The third kappa shape index (κ3) is 2.57. The second-order valence-corrected chi connectivity index (χ2v) is 5.57. The lowest BCUT2D eigenvalue weighted by atomic mass is 9.85. The fourth-order valence-corrected chi connectivity index (χ4v) is 2.79. The van der Waals surface area contributed by atoms with Gasteiger partial charge in [0.25, 0.3) is 5.91 Å². The van der Waals surface area contributed by atoms with Crippen LogP contribution in [0.1, 0.15) is 58.3 Å². The number of aryl methyl sites for hydroxylation is 1. The number of carbonyl (C=O) groups is 2. The quantitative estimate of drug-likeness (QED) is 0.869. The molecule has 1 heterocycles. The number of hydrogen-bond acceptors (Lipinski definition) is 2. The van der Waals surface area contributed by atoms with Crippen molar-refractivity contribution in [3.8, 4) is 0 Å². The maximum atomic E-state index is 12.6. The number of carboxylic acid groups (broad SMARTS) is 1. The Morgan fingerprint density at radius 3 is 2.40 bits per heavy atom. The molecule has 20 heavy (non-hydrogen) atoms. The minimum absolute atomic E-state index is 0.0573. The molecule has 1 aromatic heterocycles. The molecule has 0 unspecified atom stereocenters. The molecule has 1 aliphatic rings. The van der Waals surface area contributed by atoms with Gasteiger partial charge in [0.05, 0.1) is 5.56 Å². The van der Waals surface area contributed by atoms with Crippen LogP contribution in [-0.4, -0.2) is 40.0 Å². The van der Waals surface area contributed by atoms with Gasteiger partial charge in [-0.2, -0.15) is 0 Å². The fourth-order valence-electron chi connectivity index (χ4n) is 2.79. The van der Waals surface area contributed by atoms with Gasteiger partial charge in [-0.05, 0) is 45.1 Å². The van der Waals surface area contributed by atoms with Crippen molar-refractivity contribution in [1.82, 2.24) is 9.88 Å². The second kappa shape index (κ2) is 5.69. The van der Waals surface area contributed by atoms with E-state index in [2.05, 4.69) is 4.98 Å². The summed E-state index contributed by atoms with van der Waals surface area (Å²) in [6.07, 6.45) is 3.63. The van der Waals surface area contributed by atoms with Crippen LogP contribution in [0.3, 0.4) is 0 Å². The summed E-state index contributed by atoms with van der Waals surface area (Å²) in [5, 5.41) is 9.12. The molecule has 2 N–H and O–H groups in total. The number of rotatable bonds is 5. The van der Waals surface area contributed by atoms with Gasteiger partial charge in [-0.3, -0.25) is 4.79 Å². The largest absolute Gasteiger partial charge is 0.477 e. The Morgan fingerprint density at radius 2 is 2.00 bits per heavy atom. The molecule has 0 spiro atoms. The summed E-state index contributed by atoms with van der Waals surface area (Å²) in [6, 6.07) is 0. The molecule has 0 bridgehead atoms. The number of carboxylic acids is 1. The number of carbonyl (C=O) groups excluding carboxylic acids is 1. The molecule has 0 aromatic carbocycles. The van der Waals surface area contributed by atoms with Gasteiger partial charge < -0.3 is 15.0 Å². The molecular formula is C15H22N2O3. The number of hydrogen-bond donors (Lipinski definition) is 2. The zero-order valence-electron chi connectivity index (χ0n) is 12.3. The van der Waals surface area contributed by atoms with Gasteiger partial charge in [0.2, 0.25) is 0 Å². The van der Waals surface area contributed by atoms with Crippen LogP contribution in [0.4, 0.5) is 0 Å². The average Bonchev–Trinajstić information content (AvgIpc) is 2.63. The molecule has 1 aliphatic carbocycles. The molecule has 2 rings (SSSR count). The number of aromatic nitrogens is 1. The van der Waals surface area contributed by atoms with Crippen LogP contribution in [0.2, 0.25) is 0 Å². The highest BCUT2D eigenvalue weighted by Gasteiger charge is 2.27. The van der Waals surface area contributed by atoms with Crippen molar-refractivity contribution in [3.05, 3.63) is 22.5 Å². The van der Waals surface area contributed by atoms with E-state index in [0.29, 0.717) is 29.3 Å². The van der Waals surface area contributed by atoms with Crippen molar-refractivity contribution >= 4 is 11.9 Å². The normalized spacial score (nSPS) is 14.9. The summed E-state index contributed by atoms with van der Waals surface area (Å²) >= 11 is 0. The summed E-state index contributed by atoms with van der Waals surface area (Å²) in [4.78, 5) is 28.4. The Morgan fingerprint density at radius 1 is 1.35 bits per heavy atom. The minimum atomic E-state index is -1.02. The number of H-pyrrole nitrogens is 1. The maximum Gasteiger partial charge on any atom is 0.352 e. The summed E-state index contributed by atoms with van der Waals surface area (Å²) in [5.41, 5.74) is 1.80. The van der Waals surface area contributed by atoms with Crippen LogP contribution < -0.4 is 0 Å². The van der Waals surface area contributed by atoms with E-state index >= 15 is 0 Å². The Kier molecular flexibility index (Phi) is 4.16. The molecule has 0 aliphatic heterocycles. The van der Waals surface area contributed by atoms with Crippen molar-refractivity contribution in [1.29, 1.82) is 0 Å². The summed E-state index contributed by atoms with van der Waals surface area (Å²) in [7, 11) is 0. The van der Waals surface area contributed by atoms with Gasteiger partial charge in [-0.15, -0.1) is 0 Å².